The molecule has 1 unspecified atom stereocenters. The quantitative estimate of drug-likeness (QED) is 0.472. The third kappa shape index (κ3) is 9.12. The third-order valence-corrected chi connectivity index (χ3v) is 2.21. The highest BCUT2D eigenvalue weighted by Gasteiger charge is 2.18. The molecule has 0 fully saturated rings. The first-order valence-electron chi connectivity index (χ1n) is 6.59. The van der Waals surface area contributed by atoms with Crippen molar-refractivity contribution in [2.24, 2.45) is 5.92 Å². The van der Waals surface area contributed by atoms with E-state index in [0.717, 1.165) is 19.6 Å². The lowest BCUT2D eigenvalue weighted by Crippen LogP contribution is -2.39. The van der Waals surface area contributed by atoms with Gasteiger partial charge >= 0.3 is 5.97 Å². The van der Waals surface area contributed by atoms with Crippen LogP contribution in [0.1, 0.15) is 40.5 Å². The molecule has 0 heterocycles. The number of carbonyl (C=O) groups excluding carboxylic acids is 1. The molecule has 1 atom stereocenters. The number of hydrogen-bond acceptors (Lipinski definition) is 4. The molecule has 0 spiro atoms. The van der Waals surface area contributed by atoms with Crippen molar-refractivity contribution in [3.05, 3.63) is 0 Å². The monoisotopic (exact) mass is 245 g/mol. The van der Waals surface area contributed by atoms with E-state index in [0.29, 0.717) is 25.6 Å². The minimum Gasteiger partial charge on any atom is -0.465 e. The van der Waals surface area contributed by atoms with E-state index in [9.17, 15) is 4.79 Å². The zero-order valence-corrected chi connectivity index (χ0v) is 11.6. The van der Waals surface area contributed by atoms with Gasteiger partial charge in [-0.1, -0.05) is 20.8 Å². The third-order valence-electron chi connectivity index (χ3n) is 2.21. The molecule has 0 aromatic carbocycles. The summed E-state index contributed by atoms with van der Waals surface area (Å²) < 4.78 is 10.5. The maximum atomic E-state index is 11.6. The second-order valence-corrected chi connectivity index (χ2v) is 4.52. The van der Waals surface area contributed by atoms with Crippen LogP contribution in [0.4, 0.5) is 0 Å². The van der Waals surface area contributed by atoms with Crippen LogP contribution >= 0.6 is 0 Å². The number of hydrogen-bond donors (Lipinski definition) is 1. The largest absolute Gasteiger partial charge is 0.465 e. The molecule has 4 heteroatoms. The molecular formula is C13H27NO3. The normalized spacial score (nSPS) is 12.8. The first-order valence-corrected chi connectivity index (χ1v) is 6.59. The van der Waals surface area contributed by atoms with Crippen molar-refractivity contribution in [1.82, 2.24) is 5.32 Å². The number of esters is 1. The zero-order valence-electron chi connectivity index (χ0n) is 11.6. The summed E-state index contributed by atoms with van der Waals surface area (Å²) in [6.07, 6.45) is 1.67. The van der Waals surface area contributed by atoms with Crippen molar-refractivity contribution in [2.75, 3.05) is 26.4 Å². The van der Waals surface area contributed by atoms with Gasteiger partial charge in [0.05, 0.1) is 6.61 Å². The van der Waals surface area contributed by atoms with Crippen LogP contribution in [-0.4, -0.2) is 38.4 Å². The molecule has 0 aromatic heterocycles. The van der Waals surface area contributed by atoms with Gasteiger partial charge in [-0.25, -0.2) is 0 Å². The topological polar surface area (TPSA) is 47.6 Å². The minimum absolute atomic E-state index is 0.172. The van der Waals surface area contributed by atoms with E-state index in [2.05, 4.69) is 26.1 Å². The summed E-state index contributed by atoms with van der Waals surface area (Å²) in [6.45, 7) is 10.7. The molecule has 4 nitrogen and oxygen atoms in total. The van der Waals surface area contributed by atoms with E-state index in [1.54, 1.807) is 0 Å². The van der Waals surface area contributed by atoms with Crippen LogP contribution in [0, 0.1) is 5.92 Å². The van der Waals surface area contributed by atoms with Gasteiger partial charge in [-0.2, -0.15) is 0 Å². The van der Waals surface area contributed by atoms with E-state index in [1.165, 1.54) is 0 Å². The molecule has 0 aliphatic heterocycles. The second-order valence-electron chi connectivity index (χ2n) is 4.52. The molecule has 0 aliphatic rings. The fraction of sp³-hybridized carbons (Fsp3) is 0.923. The summed E-state index contributed by atoms with van der Waals surface area (Å²) in [5.41, 5.74) is 0. The van der Waals surface area contributed by atoms with E-state index in [-0.39, 0.29) is 12.0 Å². The lowest BCUT2D eigenvalue weighted by Gasteiger charge is -2.17. The van der Waals surface area contributed by atoms with Crippen molar-refractivity contribution < 1.29 is 14.3 Å². The summed E-state index contributed by atoms with van der Waals surface area (Å²) in [5.74, 6) is 0.355. The fourth-order valence-electron chi connectivity index (χ4n) is 1.38. The van der Waals surface area contributed by atoms with Gasteiger partial charge in [-0.15, -0.1) is 0 Å². The first kappa shape index (κ1) is 16.4. The lowest BCUT2D eigenvalue weighted by molar-refractivity contribution is -0.146. The molecule has 17 heavy (non-hydrogen) atoms. The van der Waals surface area contributed by atoms with E-state index in [4.69, 9.17) is 9.47 Å². The Morgan fingerprint density at radius 3 is 2.53 bits per heavy atom. The second kappa shape index (κ2) is 10.5. The van der Waals surface area contributed by atoms with Gasteiger partial charge < -0.3 is 14.8 Å². The molecule has 102 valence electrons. The summed E-state index contributed by atoms with van der Waals surface area (Å²) in [4.78, 5) is 11.6. The Balaban J connectivity index is 3.88. The van der Waals surface area contributed by atoms with Crippen molar-refractivity contribution in [1.29, 1.82) is 0 Å². The van der Waals surface area contributed by atoms with Gasteiger partial charge in [-0.3, -0.25) is 4.79 Å². The number of carbonyl (C=O) groups is 1. The highest BCUT2D eigenvalue weighted by Crippen LogP contribution is 1.99. The molecule has 0 aliphatic carbocycles. The van der Waals surface area contributed by atoms with Gasteiger partial charge in [0.1, 0.15) is 6.04 Å². The maximum Gasteiger partial charge on any atom is 0.323 e. The van der Waals surface area contributed by atoms with E-state index < -0.39 is 0 Å². The summed E-state index contributed by atoms with van der Waals surface area (Å²) in [7, 11) is 0. The van der Waals surface area contributed by atoms with Crippen LogP contribution in [0.5, 0.6) is 0 Å². The number of ether oxygens (including phenoxy) is 2. The Bertz CT molecular complexity index is 195. The predicted molar refractivity (Wildman–Crippen MR) is 69.0 cm³/mol. The molecule has 0 amide bonds. The van der Waals surface area contributed by atoms with Gasteiger partial charge in [0.2, 0.25) is 0 Å². The Morgan fingerprint density at radius 1 is 1.29 bits per heavy atom. The Hall–Kier alpha value is -0.610. The average molecular weight is 245 g/mol. The van der Waals surface area contributed by atoms with Crippen LogP contribution in [0.25, 0.3) is 0 Å². The molecule has 0 aromatic rings. The highest BCUT2D eigenvalue weighted by molar-refractivity contribution is 5.75. The van der Waals surface area contributed by atoms with Gasteiger partial charge in [0.15, 0.2) is 0 Å². The standard InChI is InChI=1S/C13H27NO3/c1-5-8-14-12(13(15)17-6-2)7-9-16-10-11(3)4/h11-12,14H,5-10H2,1-4H3. The summed E-state index contributed by atoms with van der Waals surface area (Å²) in [6, 6.07) is -0.234. The Labute approximate surface area is 105 Å². The van der Waals surface area contributed by atoms with Crippen molar-refractivity contribution in [2.45, 2.75) is 46.6 Å². The van der Waals surface area contributed by atoms with Crippen molar-refractivity contribution in [3.63, 3.8) is 0 Å². The Kier molecular flexibility index (Phi) is 10.2. The van der Waals surface area contributed by atoms with E-state index >= 15 is 0 Å². The minimum atomic E-state index is -0.234. The fourth-order valence-corrected chi connectivity index (χ4v) is 1.38. The van der Waals surface area contributed by atoms with Gasteiger partial charge in [0, 0.05) is 13.2 Å². The molecule has 0 bridgehead atoms. The predicted octanol–water partition coefficient (Wildman–Crippen LogP) is 1.98. The maximum absolute atomic E-state index is 11.6. The summed E-state index contributed by atoms with van der Waals surface area (Å²) >= 11 is 0. The molecular weight excluding hydrogens is 218 g/mol. The lowest BCUT2D eigenvalue weighted by atomic mass is 10.2. The van der Waals surface area contributed by atoms with Gasteiger partial charge in [0.25, 0.3) is 0 Å². The van der Waals surface area contributed by atoms with Gasteiger partial charge in [-0.05, 0) is 32.2 Å². The molecule has 0 saturated heterocycles. The zero-order chi connectivity index (χ0) is 13.1. The molecule has 0 radical (unpaired) electrons. The molecule has 0 saturated carbocycles. The van der Waals surface area contributed by atoms with Crippen molar-refractivity contribution >= 4 is 5.97 Å². The smallest absolute Gasteiger partial charge is 0.323 e. The van der Waals surface area contributed by atoms with Crippen LogP contribution in [0.2, 0.25) is 0 Å². The average Bonchev–Trinajstić information content (AvgIpc) is 2.28. The summed E-state index contributed by atoms with van der Waals surface area (Å²) in [5, 5.41) is 3.19. The Morgan fingerprint density at radius 2 is 2.00 bits per heavy atom. The van der Waals surface area contributed by atoms with E-state index in [1.807, 2.05) is 6.92 Å². The highest BCUT2D eigenvalue weighted by atomic mass is 16.5. The van der Waals surface area contributed by atoms with Crippen molar-refractivity contribution in [3.8, 4) is 0 Å². The van der Waals surface area contributed by atoms with Crippen LogP contribution in [0.15, 0.2) is 0 Å². The molecule has 0 rings (SSSR count). The van der Waals surface area contributed by atoms with Crippen LogP contribution < -0.4 is 5.32 Å². The first-order chi connectivity index (χ1) is 8.11. The number of rotatable bonds is 10. The van der Waals surface area contributed by atoms with Crippen LogP contribution in [0.3, 0.4) is 0 Å². The molecule has 1 N–H and O–H groups in total. The van der Waals surface area contributed by atoms with Crippen LogP contribution in [-0.2, 0) is 14.3 Å². The number of nitrogens with one attached hydrogen (secondary N) is 1. The SMILES string of the molecule is CCCNC(CCOCC(C)C)C(=O)OCC.